The van der Waals surface area contributed by atoms with Crippen LogP contribution in [0.3, 0.4) is 0 Å². The smallest absolute Gasteiger partial charge is 0.247 e. The molecule has 1 aliphatic carbocycles. The fraction of sp³-hybridized carbons (Fsp3) is 0.875. The van der Waals surface area contributed by atoms with Crippen molar-refractivity contribution in [2.24, 2.45) is 0 Å². The lowest BCUT2D eigenvalue weighted by Gasteiger charge is -2.09. The van der Waals surface area contributed by atoms with Gasteiger partial charge < -0.3 is 5.32 Å². The van der Waals surface area contributed by atoms with E-state index in [4.69, 9.17) is 0 Å². The van der Waals surface area contributed by atoms with Gasteiger partial charge >= 0.3 is 0 Å². The molecule has 1 fully saturated rings. The number of hydrogen-bond donors (Lipinski definition) is 2. The predicted octanol–water partition coefficient (Wildman–Crippen LogP) is -0.407. The van der Waals surface area contributed by atoms with E-state index in [1.807, 2.05) is 4.72 Å². The molecule has 2 N–H and O–H groups in total. The number of rotatable bonds is 5. The van der Waals surface area contributed by atoms with Crippen LogP contribution in [0.2, 0.25) is 0 Å². The van der Waals surface area contributed by atoms with Gasteiger partial charge in [0.1, 0.15) is 0 Å². The zero-order valence-electron chi connectivity index (χ0n) is 8.41. The van der Waals surface area contributed by atoms with Gasteiger partial charge in [0.2, 0.25) is 15.9 Å². The highest BCUT2D eigenvalue weighted by atomic mass is 32.2. The lowest BCUT2D eigenvalue weighted by atomic mass is 10.6. The summed E-state index contributed by atoms with van der Waals surface area (Å²) in [5, 5.41) is 2.36. The quantitative estimate of drug-likeness (QED) is 0.660. The normalized spacial score (nSPS) is 17.1. The molecule has 1 saturated carbocycles. The van der Waals surface area contributed by atoms with E-state index in [2.05, 4.69) is 5.32 Å². The minimum atomic E-state index is -3.46. The van der Waals surface area contributed by atoms with Crippen molar-refractivity contribution >= 4 is 15.9 Å². The maximum Gasteiger partial charge on any atom is 0.247 e. The van der Waals surface area contributed by atoms with Crippen LogP contribution in [0.25, 0.3) is 0 Å². The minimum Gasteiger partial charge on any atom is -0.306 e. The van der Waals surface area contributed by atoms with Gasteiger partial charge in [-0.25, -0.2) is 8.42 Å². The Morgan fingerprint density at radius 1 is 1.43 bits per heavy atom. The molecule has 0 aromatic rings. The zero-order chi connectivity index (χ0) is 10.8. The minimum absolute atomic E-state index is 0.0800. The summed E-state index contributed by atoms with van der Waals surface area (Å²) in [6.45, 7) is 3.14. The summed E-state index contributed by atoms with van der Waals surface area (Å²) in [6, 6.07) is 0.405. The molecule has 82 valence electrons. The molecule has 0 bridgehead atoms. The first-order chi connectivity index (χ1) is 6.42. The van der Waals surface area contributed by atoms with Gasteiger partial charge in [0.25, 0.3) is 0 Å². The average molecular weight is 220 g/mol. The van der Waals surface area contributed by atoms with Crippen LogP contribution in [0.15, 0.2) is 0 Å². The predicted molar refractivity (Wildman–Crippen MR) is 53.2 cm³/mol. The summed E-state index contributed by atoms with van der Waals surface area (Å²) in [5.41, 5.74) is 0. The molecule has 1 amide bonds. The van der Waals surface area contributed by atoms with Crippen molar-refractivity contribution in [3.05, 3.63) is 0 Å². The van der Waals surface area contributed by atoms with Crippen LogP contribution in [-0.4, -0.2) is 32.2 Å². The van der Waals surface area contributed by atoms with E-state index in [0.29, 0.717) is 6.04 Å². The Kier molecular flexibility index (Phi) is 3.49. The van der Waals surface area contributed by atoms with Gasteiger partial charge in [-0.15, -0.1) is 0 Å². The van der Waals surface area contributed by atoms with Crippen molar-refractivity contribution in [1.29, 1.82) is 0 Å². The van der Waals surface area contributed by atoms with E-state index in [1.54, 1.807) is 0 Å². The van der Waals surface area contributed by atoms with Crippen molar-refractivity contribution in [1.82, 2.24) is 10.0 Å². The van der Waals surface area contributed by atoms with E-state index < -0.39 is 21.2 Å². The third kappa shape index (κ3) is 3.63. The van der Waals surface area contributed by atoms with Crippen LogP contribution < -0.4 is 10.0 Å². The molecular weight excluding hydrogens is 204 g/mol. The van der Waals surface area contributed by atoms with Gasteiger partial charge in [-0.05, 0) is 26.7 Å². The molecule has 0 spiro atoms. The molecule has 6 heteroatoms. The molecule has 1 rings (SSSR count). The van der Waals surface area contributed by atoms with Gasteiger partial charge in [0.05, 0.1) is 11.8 Å². The second-order valence-corrected chi connectivity index (χ2v) is 6.01. The second kappa shape index (κ2) is 4.27. The van der Waals surface area contributed by atoms with E-state index in [-0.39, 0.29) is 6.54 Å². The summed E-state index contributed by atoms with van der Waals surface area (Å²) < 4.78 is 24.5. The molecule has 0 heterocycles. The highest BCUT2D eigenvalue weighted by Crippen LogP contribution is 2.17. The Bertz CT molecular complexity index is 307. The molecule has 1 aliphatic rings. The molecule has 0 unspecified atom stereocenters. The topological polar surface area (TPSA) is 75.3 Å². The lowest BCUT2D eigenvalue weighted by Crippen LogP contribution is -2.41. The first-order valence-corrected chi connectivity index (χ1v) is 6.24. The first kappa shape index (κ1) is 11.5. The molecule has 0 aliphatic heterocycles. The maximum absolute atomic E-state index is 11.2. The van der Waals surface area contributed by atoms with Gasteiger partial charge in [-0.3, -0.25) is 9.52 Å². The van der Waals surface area contributed by atoms with Crippen LogP contribution in [-0.2, 0) is 14.8 Å². The van der Waals surface area contributed by atoms with E-state index in [0.717, 1.165) is 12.8 Å². The Morgan fingerprint density at radius 3 is 2.43 bits per heavy atom. The van der Waals surface area contributed by atoms with Crippen LogP contribution in [0.4, 0.5) is 0 Å². The summed E-state index contributed by atoms with van der Waals surface area (Å²) in [5.74, 6) is -0.481. The van der Waals surface area contributed by atoms with E-state index in [9.17, 15) is 13.2 Å². The van der Waals surface area contributed by atoms with E-state index >= 15 is 0 Å². The molecule has 0 radical (unpaired) electrons. The van der Waals surface area contributed by atoms with Gasteiger partial charge in [0, 0.05) is 6.04 Å². The van der Waals surface area contributed by atoms with Crippen molar-refractivity contribution < 1.29 is 13.2 Å². The summed E-state index contributed by atoms with van der Waals surface area (Å²) >= 11 is 0. The summed E-state index contributed by atoms with van der Waals surface area (Å²) in [6.07, 6.45) is 2.15. The molecule has 0 aromatic heterocycles. The first-order valence-electron chi connectivity index (χ1n) is 4.69. The van der Waals surface area contributed by atoms with Crippen molar-refractivity contribution in [3.8, 4) is 0 Å². The number of amides is 1. The summed E-state index contributed by atoms with van der Waals surface area (Å²) in [4.78, 5) is 11.1. The standard InChI is InChI=1S/C8H16N2O3S/c1-6(2)14(12,13)10-8(11)5-9-7-3-4-7/h6-7,9H,3-5H2,1-2H3,(H,10,11). The Hall–Kier alpha value is -0.620. The molecular formula is C8H16N2O3S. The van der Waals surface area contributed by atoms with Gasteiger partial charge in [-0.1, -0.05) is 0 Å². The monoisotopic (exact) mass is 220 g/mol. The van der Waals surface area contributed by atoms with Crippen molar-refractivity contribution in [3.63, 3.8) is 0 Å². The number of carbonyl (C=O) groups is 1. The van der Waals surface area contributed by atoms with Crippen LogP contribution in [0, 0.1) is 0 Å². The molecule has 5 nitrogen and oxygen atoms in total. The largest absolute Gasteiger partial charge is 0.306 e. The maximum atomic E-state index is 11.2. The SMILES string of the molecule is CC(C)S(=O)(=O)NC(=O)CNC1CC1. The van der Waals surface area contributed by atoms with Crippen LogP contribution in [0.5, 0.6) is 0 Å². The van der Waals surface area contributed by atoms with Crippen molar-refractivity contribution in [2.75, 3.05) is 6.54 Å². The highest BCUT2D eigenvalue weighted by molar-refractivity contribution is 7.90. The molecule has 0 atom stereocenters. The number of hydrogen-bond acceptors (Lipinski definition) is 4. The van der Waals surface area contributed by atoms with E-state index in [1.165, 1.54) is 13.8 Å². The number of sulfonamides is 1. The third-order valence-electron chi connectivity index (χ3n) is 2.01. The Balaban J connectivity index is 2.31. The zero-order valence-corrected chi connectivity index (χ0v) is 9.23. The fourth-order valence-electron chi connectivity index (χ4n) is 0.837. The third-order valence-corrected chi connectivity index (χ3v) is 3.76. The second-order valence-electron chi connectivity index (χ2n) is 3.77. The van der Waals surface area contributed by atoms with Crippen LogP contribution >= 0.6 is 0 Å². The highest BCUT2D eigenvalue weighted by Gasteiger charge is 2.23. The number of carbonyl (C=O) groups excluding carboxylic acids is 1. The fourth-order valence-corrected chi connectivity index (χ4v) is 1.46. The number of nitrogens with one attached hydrogen (secondary N) is 2. The van der Waals surface area contributed by atoms with Crippen molar-refractivity contribution in [2.45, 2.75) is 38.0 Å². The molecule has 0 aromatic carbocycles. The molecule has 0 saturated heterocycles. The lowest BCUT2D eigenvalue weighted by molar-refractivity contribution is -0.118. The van der Waals surface area contributed by atoms with Gasteiger partial charge in [-0.2, -0.15) is 0 Å². The van der Waals surface area contributed by atoms with Crippen LogP contribution in [0.1, 0.15) is 26.7 Å². The van der Waals surface area contributed by atoms with Gasteiger partial charge in [0.15, 0.2) is 0 Å². The Labute approximate surface area is 84.3 Å². The molecule has 14 heavy (non-hydrogen) atoms. The Morgan fingerprint density at radius 2 is 2.00 bits per heavy atom. The summed E-state index contributed by atoms with van der Waals surface area (Å²) in [7, 11) is -3.46. The average Bonchev–Trinajstić information content (AvgIpc) is 2.82.